The van der Waals surface area contributed by atoms with Gasteiger partial charge in [0.2, 0.25) is 5.88 Å². The number of rotatable bonds is 4. The number of allylic oxidation sites excluding steroid dienone is 1. The largest absolute Gasteiger partial charge is 0.481 e. The molecule has 2 aromatic heterocycles. The van der Waals surface area contributed by atoms with Crippen LogP contribution < -0.4 is 15.4 Å². The van der Waals surface area contributed by atoms with E-state index in [1.807, 2.05) is 43.5 Å². The van der Waals surface area contributed by atoms with E-state index >= 15 is 0 Å². The first-order valence-corrected chi connectivity index (χ1v) is 10.1. The molecule has 0 radical (unpaired) electrons. The minimum Gasteiger partial charge on any atom is -0.481 e. The standard InChI is InChI=1S/C22H19N5O2S/c1-12-9-15(23-3)6-7-16(12)17-11-30-21(26-17)19-13(2)25-22(28)27-20(19)14-5-8-18(29-4)24-10-14/h3,5-11,20H,1-2,4H3,(H-,25,26,27,28)/p+1. The number of pyridine rings is 1. The van der Waals surface area contributed by atoms with Gasteiger partial charge in [0.1, 0.15) is 5.01 Å². The molecule has 8 heteroatoms. The van der Waals surface area contributed by atoms with E-state index in [1.165, 1.54) is 11.3 Å². The highest BCUT2D eigenvalue weighted by atomic mass is 32.1. The van der Waals surface area contributed by atoms with Gasteiger partial charge in [-0.1, -0.05) is 0 Å². The lowest BCUT2D eigenvalue weighted by Gasteiger charge is -2.28. The smallest absolute Gasteiger partial charge is 0.340 e. The average molecular weight is 419 g/mol. The molecule has 4 rings (SSSR count). The number of carbonyl (C=O) groups excluding carboxylic acids is 1. The van der Waals surface area contributed by atoms with Gasteiger partial charge >= 0.3 is 11.7 Å². The second-order valence-electron chi connectivity index (χ2n) is 6.87. The van der Waals surface area contributed by atoms with Crippen molar-refractivity contribution in [2.24, 2.45) is 0 Å². The minimum atomic E-state index is -0.365. The van der Waals surface area contributed by atoms with Crippen LogP contribution in [-0.4, -0.2) is 23.1 Å². The summed E-state index contributed by atoms with van der Waals surface area (Å²) in [5.74, 6) is 0.515. The third-order valence-corrected chi connectivity index (χ3v) is 5.82. The third-order valence-electron chi connectivity index (χ3n) is 4.94. The second-order valence-corrected chi connectivity index (χ2v) is 7.73. The Morgan fingerprint density at radius 1 is 1.23 bits per heavy atom. The number of ether oxygens (including phenoxy) is 1. The predicted molar refractivity (Wildman–Crippen MR) is 118 cm³/mol. The van der Waals surface area contributed by atoms with E-state index in [1.54, 1.807) is 19.4 Å². The summed E-state index contributed by atoms with van der Waals surface area (Å²) in [6.07, 6.45) is 1.70. The fourth-order valence-corrected chi connectivity index (χ4v) is 4.40. The molecular formula is C22H20N5O2S+. The molecule has 0 saturated heterocycles. The zero-order valence-corrected chi connectivity index (χ0v) is 17.6. The van der Waals surface area contributed by atoms with Crippen LogP contribution in [0.25, 0.3) is 21.7 Å². The molecule has 30 heavy (non-hydrogen) atoms. The van der Waals surface area contributed by atoms with Crippen molar-refractivity contribution in [1.82, 2.24) is 20.6 Å². The Kier molecular flexibility index (Phi) is 5.21. The van der Waals surface area contributed by atoms with E-state index in [-0.39, 0.29) is 12.1 Å². The Labute approximate surface area is 178 Å². The van der Waals surface area contributed by atoms with E-state index in [0.29, 0.717) is 5.88 Å². The molecular weight excluding hydrogens is 398 g/mol. The molecule has 1 aromatic carbocycles. The van der Waals surface area contributed by atoms with Crippen molar-refractivity contribution in [3.05, 3.63) is 68.6 Å². The molecule has 150 valence electrons. The van der Waals surface area contributed by atoms with Gasteiger partial charge in [0, 0.05) is 46.6 Å². The van der Waals surface area contributed by atoms with Crippen molar-refractivity contribution in [2.75, 3.05) is 7.11 Å². The number of carbonyl (C=O) groups is 1. The lowest BCUT2D eigenvalue weighted by molar-refractivity contribution is 0.240. The van der Waals surface area contributed by atoms with Crippen molar-refractivity contribution in [3.8, 4) is 23.7 Å². The molecule has 0 saturated carbocycles. The molecule has 2 N–H and O–H groups in total. The fourth-order valence-electron chi connectivity index (χ4n) is 3.45. The number of aromatic nitrogens is 2. The Hall–Kier alpha value is -3.70. The highest BCUT2D eigenvalue weighted by molar-refractivity contribution is 7.11. The van der Waals surface area contributed by atoms with Crippen molar-refractivity contribution < 1.29 is 9.53 Å². The number of nitrogens with zero attached hydrogens (tertiary/aromatic N) is 3. The number of amides is 2. The topological polar surface area (TPSA) is 80.5 Å². The summed E-state index contributed by atoms with van der Waals surface area (Å²) in [6.45, 7) is 9.25. The molecule has 0 aliphatic carbocycles. The SMILES string of the molecule is C#[N+]c1ccc(-c2csc(C3=C(C)NC(=O)NC3c3ccc(OC)nc3)n2)c(C)c1. The van der Waals surface area contributed by atoms with Gasteiger partial charge < -0.3 is 15.4 Å². The zero-order valence-electron chi connectivity index (χ0n) is 16.8. The van der Waals surface area contributed by atoms with Crippen LogP contribution in [0.15, 0.2) is 47.6 Å². The summed E-state index contributed by atoms with van der Waals surface area (Å²) in [7, 11) is 1.57. The maximum absolute atomic E-state index is 12.2. The molecule has 1 aliphatic rings. The number of hydrogen-bond donors (Lipinski definition) is 2. The van der Waals surface area contributed by atoms with Gasteiger partial charge in [0.15, 0.2) is 0 Å². The summed E-state index contributed by atoms with van der Waals surface area (Å²) in [5, 5.41) is 8.66. The van der Waals surface area contributed by atoms with Crippen molar-refractivity contribution in [3.63, 3.8) is 0 Å². The molecule has 1 unspecified atom stereocenters. The van der Waals surface area contributed by atoms with Gasteiger partial charge in [-0.2, -0.15) is 0 Å². The van der Waals surface area contributed by atoms with Gasteiger partial charge in [-0.3, -0.25) is 0 Å². The molecule has 3 aromatic rings. The number of benzene rings is 1. The quantitative estimate of drug-likeness (QED) is 0.631. The van der Waals surface area contributed by atoms with Crippen LogP contribution in [0.4, 0.5) is 10.5 Å². The van der Waals surface area contributed by atoms with Gasteiger partial charge in [0.05, 0.1) is 18.8 Å². The van der Waals surface area contributed by atoms with E-state index < -0.39 is 0 Å². The van der Waals surface area contributed by atoms with Gasteiger partial charge in [-0.25, -0.2) is 14.8 Å². The average Bonchev–Trinajstić information content (AvgIpc) is 3.22. The Balaban J connectivity index is 1.74. The maximum Gasteiger partial charge on any atom is 0.340 e. The lowest BCUT2D eigenvalue weighted by Crippen LogP contribution is -2.42. The van der Waals surface area contributed by atoms with Gasteiger partial charge in [0.25, 0.3) is 6.57 Å². The van der Waals surface area contributed by atoms with Crippen LogP contribution in [0.3, 0.4) is 0 Å². The van der Waals surface area contributed by atoms with Crippen LogP contribution in [0.2, 0.25) is 0 Å². The molecule has 1 aliphatic heterocycles. The molecule has 7 nitrogen and oxygen atoms in total. The van der Waals surface area contributed by atoms with Gasteiger partial charge in [-0.15, -0.1) is 11.3 Å². The highest BCUT2D eigenvalue weighted by Crippen LogP contribution is 2.38. The first kappa shape index (κ1) is 19.6. The molecule has 0 fully saturated rings. The number of methoxy groups -OCH3 is 1. The maximum atomic E-state index is 12.2. The summed E-state index contributed by atoms with van der Waals surface area (Å²) in [6, 6.07) is 8.79. The normalized spacial score (nSPS) is 15.9. The summed E-state index contributed by atoms with van der Waals surface area (Å²) < 4.78 is 5.14. The molecule has 0 bridgehead atoms. The number of aryl methyl sites for hydroxylation is 1. The number of thiazole rings is 1. The molecule has 3 heterocycles. The fraction of sp³-hybridized carbons (Fsp3) is 0.182. The molecule has 0 spiro atoms. The van der Waals surface area contributed by atoms with Gasteiger partial charge in [-0.05, 0) is 42.0 Å². The van der Waals surface area contributed by atoms with E-state index in [9.17, 15) is 4.79 Å². The van der Waals surface area contributed by atoms with E-state index in [2.05, 4.69) is 20.5 Å². The molecule has 1 atom stereocenters. The predicted octanol–water partition coefficient (Wildman–Crippen LogP) is 4.90. The number of nitrogens with one attached hydrogen (secondary N) is 2. The Bertz CT molecular complexity index is 1190. The van der Waals surface area contributed by atoms with Crippen LogP contribution >= 0.6 is 11.3 Å². The second kappa shape index (κ2) is 7.97. The van der Waals surface area contributed by atoms with Crippen LogP contribution in [0.5, 0.6) is 5.88 Å². The zero-order chi connectivity index (χ0) is 21.3. The third kappa shape index (κ3) is 3.63. The number of hydrogen-bond acceptors (Lipinski definition) is 5. The highest BCUT2D eigenvalue weighted by Gasteiger charge is 2.30. The first-order chi connectivity index (χ1) is 14.5. The van der Waals surface area contributed by atoms with Crippen molar-refractivity contribution in [1.29, 1.82) is 0 Å². The van der Waals surface area contributed by atoms with Crippen molar-refractivity contribution >= 4 is 28.6 Å². The summed E-state index contributed by atoms with van der Waals surface area (Å²) in [5.41, 5.74) is 6.14. The van der Waals surface area contributed by atoms with Crippen molar-refractivity contribution in [2.45, 2.75) is 19.9 Å². The van der Waals surface area contributed by atoms with Crippen LogP contribution in [-0.2, 0) is 0 Å². The Morgan fingerprint density at radius 3 is 2.73 bits per heavy atom. The summed E-state index contributed by atoms with van der Waals surface area (Å²) >= 11 is 1.53. The van der Waals surface area contributed by atoms with Crippen LogP contribution in [0, 0.1) is 13.5 Å². The summed E-state index contributed by atoms with van der Waals surface area (Å²) in [4.78, 5) is 25.0. The number of urea groups is 1. The van der Waals surface area contributed by atoms with Crippen LogP contribution in [0.1, 0.15) is 29.1 Å². The first-order valence-electron chi connectivity index (χ1n) is 9.26. The minimum absolute atomic E-state index is 0.259. The monoisotopic (exact) mass is 418 g/mol. The molecule has 2 amide bonds. The lowest BCUT2D eigenvalue weighted by atomic mass is 9.97. The van der Waals surface area contributed by atoms with E-state index in [4.69, 9.17) is 16.3 Å². The Morgan fingerprint density at radius 2 is 2.07 bits per heavy atom. The van der Waals surface area contributed by atoms with E-state index in [0.717, 1.165) is 44.3 Å².